The van der Waals surface area contributed by atoms with Crippen LogP contribution in [0.2, 0.25) is 0 Å². The van der Waals surface area contributed by atoms with E-state index >= 15 is 13.2 Å². The quantitative estimate of drug-likeness (QED) is 0.225. The Morgan fingerprint density at radius 1 is 0.465 bits per heavy atom. The van der Waals surface area contributed by atoms with Crippen LogP contribution in [0.1, 0.15) is 97.8 Å². The number of hydrogen-bond acceptors (Lipinski definition) is 3. The first-order chi connectivity index (χ1) is 20.5. The maximum Gasteiger partial charge on any atom is 0.170 e. The Morgan fingerprint density at radius 2 is 0.721 bits per heavy atom. The normalized spacial score (nSPS) is 20.4. The van der Waals surface area contributed by atoms with Crippen LogP contribution in [-0.4, -0.2) is 16.8 Å². The number of halogens is 3. The molecule has 3 nitrogen and oxygen atoms in total. The molecule has 3 aliphatic carbocycles. The van der Waals surface area contributed by atoms with E-state index in [1.807, 2.05) is 20.8 Å². The van der Waals surface area contributed by atoms with Crippen molar-refractivity contribution in [1.82, 2.24) is 0 Å². The first-order valence-corrected chi connectivity index (χ1v) is 17.0. The van der Waals surface area contributed by atoms with E-state index in [1.165, 1.54) is 18.2 Å². The van der Waals surface area contributed by atoms with E-state index in [1.54, 1.807) is 36.4 Å². The maximum atomic E-state index is 15.2. The molecule has 3 saturated carbocycles. The highest BCUT2D eigenvalue weighted by atomic mass is 32.2. The first-order valence-electron chi connectivity index (χ1n) is 15.7. The summed E-state index contributed by atoms with van der Waals surface area (Å²) < 4.78 is 64.4. The molecule has 0 radical (unpaired) electrons. The number of ether oxygens (including phenoxy) is 3. The van der Waals surface area contributed by atoms with Gasteiger partial charge in [0.15, 0.2) is 49.4 Å². The first kappa shape index (κ1) is 30.2. The van der Waals surface area contributed by atoms with Gasteiger partial charge in [-0.05, 0) is 134 Å². The summed E-state index contributed by atoms with van der Waals surface area (Å²) in [5, 5.41) is 0. The highest BCUT2D eigenvalue weighted by molar-refractivity contribution is 7.97. The van der Waals surface area contributed by atoms with Gasteiger partial charge in [-0.3, -0.25) is 0 Å². The smallest absolute Gasteiger partial charge is 0.170 e. The van der Waals surface area contributed by atoms with Gasteiger partial charge in [0.05, 0.1) is 10.9 Å². The van der Waals surface area contributed by atoms with Crippen LogP contribution in [0, 0.1) is 17.5 Å². The molecule has 0 aromatic heterocycles. The van der Waals surface area contributed by atoms with Crippen LogP contribution in [-0.2, 0) is 10.9 Å². The van der Waals surface area contributed by atoms with E-state index in [4.69, 9.17) is 14.2 Å². The van der Waals surface area contributed by atoms with Gasteiger partial charge in [-0.1, -0.05) is 0 Å². The fraction of sp³-hybridized carbons (Fsp3) is 0.500. The summed E-state index contributed by atoms with van der Waals surface area (Å²) in [7, 11) is -0.860. The van der Waals surface area contributed by atoms with Gasteiger partial charge in [0, 0.05) is 18.2 Å². The van der Waals surface area contributed by atoms with Crippen molar-refractivity contribution in [1.29, 1.82) is 0 Å². The van der Waals surface area contributed by atoms with E-state index in [-0.39, 0.29) is 17.2 Å². The van der Waals surface area contributed by atoms with Crippen LogP contribution in [0.25, 0.3) is 0 Å². The minimum atomic E-state index is -0.860. The summed E-state index contributed by atoms with van der Waals surface area (Å²) >= 11 is 0. The number of rotatable bonds is 9. The number of hydrogen-bond donors (Lipinski definition) is 0. The fourth-order valence-corrected chi connectivity index (χ4v) is 9.05. The second kappa shape index (κ2) is 11.9. The molecule has 43 heavy (non-hydrogen) atoms. The molecule has 0 N–H and O–H groups in total. The van der Waals surface area contributed by atoms with Crippen molar-refractivity contribution in [3.63, 3.8) is 0 Å². The fourth-order valence-electron chi connectivity index (χ4n) is 6.95. The van der Waals surface area contributed by atoms with Gasteiger partial charge in [0.25, 0.3) is 0 Å². The third-order valence-corrected chi connectivity index (χ3v) is 11.6. The van der Waals surface area contributed by atoms with Gasteiger partial charge >= 0.3 is 0 Å². The molecule has 0 saturated heterocycles. The molecule has 3 aromatic carbocycles. The molecule has 3 aromatic rings. The van der Waals surface area contributed by atoms with Gasteiger partial charge in [0.1, 0.15) is 16.8 Å². The van der Waals surface area contributed by atoms with E-state index in [0.717, 1.165) is 91.7 Å². The molecular formula is C36H42F3O3S+. The van der Waals surface area contributed by atoms with E-state index in [9.17, 15) is 0 Å². The predicted octanol–water partition coefficient (Wildman–Crippen LogP) is 10.3. The van der Waals surface area contributed by atoms with Crippen LogP contribution >= 0.6 is 0 Å². The maximum absolute atomic E-state index is 15.2. The molecule has 230 valence electrons. The predicted molar refractivity (Wildman–Crippen MR) is 164 cm³/mol. The zero-order chi connectivity index (χ0) is 30.2. The van der Waals surface area contributed by atoms with Crippen molar-refractivity contribution >= 4 is 10.9 Å². The monoisotopic (exact) mass is 611 g/mol. The van der Waals surface area contributed by atoms with Crippen LogP contribution in [0.15, 0.2) is 69.3 Å². The van der Waals surface area contributed by atoms with Crippen molar-refractivity contribution in [3.05, 3.63) is 72.0 Å². The molecule has 0 atom stereocenters. The van der Waals surface area contributed by atoms with E-state index in [0.29, 0.717) is 0 Å². The molecule has 3 fully saturated rings. The molecule has 7 heteroatoms. The zero-order valence-electron chi connectivity index (χ0n) is 25.4. The molecule has 0 bridgehead atoms. The number of benzene rings is 3. The van der Waals surface area contributed by atoms with Crippen molar-refractivity contribution in [3.8, 4) is 17.2 Å². The van der Waals surface area contributed by atoms with Crippen molar-refractivity contribution in [2.45, 2.75) is 129 Å². The Labute approximate surface area is 256 Å². The van der Waals surface area contributed by atoms with Crippen LogP contribution in [0.3, 0.4) is 0 Å². The van der Waals surface area contributed by atoms with Gasteiger partial charge in [0.2, 0.25) is 0 Å². The van der Waals surface area contributed by atoms with Crippen LogP contribution in [0.5, 0.6) is 17.2 Å². The lowest BCUT2D eigenvalue weighted by atomic mass is 10.1. The largest absolute Gasteiger partial charge is 0.484 e. The average molecular weight is 612 g/mol. The Balaban J connectivity index is 1.43. The summed E-state index contributed by atoms with van der Waals surface area (Å²) in [6.45, 7) is 6.10. The van der Waals surface area contributed by atoms with E-state index in [2.05, 4.69) is 0 Å². The molecule has 3 aliphatic rings. The zero-order valence-corrected chi connectivity index (χ0v) is 26.3. The standard InChI is InChI=1S/C36H42F3O3S/c1-34(16-4-5-17-34)40-31-22-25(10-13-28(31)37)43(26-11-14-29(38)32(23-26)41-35(2)18-6-7-19-35)27-12-15-30(39)33(24-27)42-36(3)20-8-9-21-36/h10-15,22-24H,4-9,16-21H2,1-3H3/q+1. The highest BCUT2D eigenvalue weighted by Crippen LogP contribution is 2.43. The van der Waals surface area contributed by atoms with Crippen molar-refractivity contribution in [2.24, 2.45) is 0 Å². The summed E-state index contributed by atoms with van der Waals surface area (Å²) in [5.41, 5.74) is -1.25. The lowest BCUT2D eigenvalue weighted by Crippen LogP contribution is -2.29. The Hall–Kier alpha value is -2.80. The molecule has 0 amide bonds. The summed E-state index contributed by atoms with van der Waals surface area (Å²) in [6, 6.07) is 14.8. The Morgan fingerprint density at radius 3 is 0.977 bits per heavy atom. The van der Waals surface area contributed by atoms with Crippen LogP contribution in [0.4, 0.5) is 13.2 Å². The minimum Gasteiger partial charge on any atom is -0.484 e. The van der Waals surface area contributed by atoms with Crippen molar-refractivity contribution < 1.29 is 27.4 Å². The Bertz CT molecular complexity index is 1280. The van der Waals surface area contributed by atoms with E-state index < -0.39 is 45.1 Å². The molecule has 0 heterocycles. The third kappa shape index (κ3) is 6.67. The van der Waals surface area contributed by atoms with Crippen molar-refractivity contribution in [2.75, 3.05) is 0 Å². The summed E-state index contributed by atoms with van der Waals surface area (Å²) in [5.74, 6) is -0.657. The topological polar surface area (TPSA) is 27.7 Å². The second-order valence-electron chi connectivity index (χ2n) is 13.4. The minimum absolute atomic E-state index is 0.202. The lowest BCUT2D eigenvalue weighted by molar-refractivity contribution is 0.0908. The summed E-state index contributed by atoms with van der Waals surface area (Å²) in [6.07, 6.45) is 11.5. The molecule has 6 rings (SSSR count). The van der Waals surface area contributed by atoms with Gasteiger partial charge in [-0.2, -0.15) is 0 Å². The van der Waals surface area contributed by atoms with Gasteiger partial charge in [-0.25, -0.2) is 13.2 Å². The van der Waals surface area contributed by atoms with Gasteiger partial charge < -0.3 is 14.2 Å². The SMILES string of the molecule is CC1(Oc2cc([S+](c3ccc(F)c(OC4(C)CCCC4)c3)c3ccc(F)c(OC4(C)CCCC4)c3)ccc2F)CCCC1. The summed E-state index contributed by atoms with van der Waals surface area (Å²) in [4.78, 5) is 2.35. The Kier molecular flexibility index (Phi) is 8.40. The molecule has 0 spiro atoms. The lowest BCUT2D eigenvalue weighted by Gasteiger charge is -2.27. The highest BCUT2D eigenvalue weighted by Gasteiger charge is 2.38. The molecule has 0 aliphatic heterocycles. The third-order valence-electron chi connectivity index (χ3n) is 9.47. The molecular weight excluding hydrogens is 569 g/mol. The van der Waals surface area contributed by atoms with Gasteiger partial charge in [-0.15, -0.1) is 0 Å². The van der Waals surface area contributed by atoms with Crippen LogP contribution < -0.4 is 14.2 Å². The second-order valence-corrected chi connectivity index (χ2v) is 15.4. The molecule has 0 unspecified atom stereocenters. The average Bonchev–Trinajstić information content (AvgIpc) is 3.71.